The number of halogens is 3. The Morgan fingerprint density at radius 3 is 2.63 bits per heavy atom. The second-order valence-corrected chi connectivity index (χ2v) is 9.11. The highest BCUT2D eigenvalue weighted by Gasteiger charge is 2.30. The number of nitrogens with zero attached hydrogens (tertiary/aromatic N) is 3. The van der Waals surface area contributed by atoms with Crippen LogP contribution in [0.1, 0.15) is 47.9 Å². The molecule has 0 aliphatic heterocycles. The van der Waals surface area contributed by atoms with Gasteiger partial charge in [-0.1, -0.05) is 44.0 Å². The van der Waals surface area contributed by atoms with Crippen LogP contribution in [-0.2, 0) is 12.7 Å². The van der Waals surface area contributed by atoms with Crippen LogP contribution < -0.4 is 10.6 Å². The summed E-state index contributed by atoms with van der Waals surface area (Å²) in [5.41, 5.74) is 3.38. The molecule has 0 atom stereocenters. The van der Waals surface area contributed by atoms with E-state index in [1.807, 2.05) is 22.6 Å². The zero-order valence-corrected chi connectivity index (χ0v) is 20.8. The molecule has 3 heterocycles. The minimum atomic E-state index is -4.42. The maximum absolute atomic E-state index is 13.1. The molecule has 5 aromatic rings. The van der Waals surface area contributed by atoms with Crippen LogP contribution in [0.5, 0.6) is 0 Å². The van der Waals surface area contributed by atoms with Gasteiger partial charge in [-0.05, 0) is 60.5 Å². The minimum Gasteiger partial charge on any atom is -0.324 e. The molecule has 0 aliphatic rings. The molecule has 5 rings (SSSR count). The van der Waals surface area contributed by atoms with Gasteiger partial charge in [0.25, 0.3) is 5.91 Å². The zero-order chi connectivity index (χ0) is 26.7. The van der Waals surface area contributed by atoms with E-state index in [-0.39, 0.29) is 11.6 Å². The number of anilines is 1. The van der Waals surface area contributed by atoms with Gasteiger partial charge in [-0.15, -0.1) is 0 Å². The predicted molar refractivity (Wildman–Crippen MR) is 141 cm³/mol. The molecular formula is C28H27F3N6O. The Morgan fingerprint density at radius 1 is 1.00 bits per heavy atom. The number of amides is 1. The SMILES string of the molecule is CCCCCNCc1cccc2nc(C(=O)Nc3nc4ccc(-c5cccc(C(F)(F)F)c5)cc4[nH]3)cn12. The van der Waals surface area contributed by atoms with Crippen LogP contribution in [0.25, 0.3) is 27.8 Å². The van der Waals surface area contributed by atoms with Gasteiger partial charge in [-0.25, -0.2) is 9.97 Å². The first kappa shape index (κ1) is 25.5. The minimum absolute atomic E-state index is 0.223. The number of fused-ring (bicyclic) bond motifs is 2. The average molecular weight is 521 g/mol. The highest BCUT2D eigenvalue weighted by Crippen LogP contribution is 2.33. The summed E-state index contributed by atoms with van der Waals surface area (Å²) < 4.78 is 41.3. The second-order valence-electron chi connectivity index (χ2n) is 9.11. The number of aromatic nitrogens is 4. The lowest BCUT2D eigenvalue weighted by molar-refractivity contribution is -0.137. The highest BCUT2D eigenvalue weighted by molar-refractivity contribution is 6.03. The average Bonchev–Trinajstić information content (AvgIpc) is 3.52. The van der Waals surface area contributed by atoms with E-state index < -0.39 is 17.6 Å². The van der Waals surface area contributed by atoms with Crippen molar-refractivity contribution in [3.05, 3.63) is 83.8 Å². The zero-order valence-electron chi connectivity index (χ0n) is 20.8. The van der Waals surface area contributed by atoms with Gasteiger partial charge in [0.05, 0.1) is 16.6 Å². The van der Waals surface area contributed by atoms with Gasteiger partial charge in [0.15, 0.2) is 0 Å². The van der Waals surface area contributed by atoms with Crippen LogP contribution in [0.3, 0.4) is 0 Å². The first-order valence-corrected chi connectivity index (χ1v) is 12.5. The van der Waals surface area contributed by atoms with E-state index in [1.165, 1.54) is 18.9 Å². The number of hydrogen-bond acceptors (Lipinski definition) is 4. The number of unbranched alkanes of at least 4 members (excludes halogenated alkanes) is 2. The van der Waals surface area contributed by atoms with Crippen molar-refractivity contribution in [3.8, 4) is 11.1 Å². The van der Waals surface area contributed by atoms with Crippen molar-refractivity contribution < 1.29 is 18.0 Å². The van der Waals surface area contributed by atoms with Crippen molar-refractivity contribution in [1.82, 2.24) is 24.7 Å². The van der Waals surface area contributed by atoms with Gasteiger partial charge in [0, 0.05) is 18.4 Å². The highest BCUT2D eigenvalue weighted by atomic mass is 19.4. The Labute approximate surface area is 217 Å². The third-order valence-corrected chi connectivity index (χ3v) is 6.31. The number of carbonyl (C=O) groups excluding carboxylic acids is 1. The third kappa shape index (κ3) is 5.55. The number of aromatic amines is 1. The predicted octanol–water partition coefficient (Wildman–Crippen LogP) is 6.43. The lowest BCUT2D eigenvalue weighted by Gasteiger charge is -2.08. The number of H-pyrrole nitrogens is 1. The molecule has 0 bridgehead atoms. The fourth-order valence-corrected chi connectivity index (χ4v) is 4.33. The maximum atomic E-state index is 13.1. The third-order valence-electron chi connectivity index (χ3n) is 6.31. The number of carbonyl (C=O) groups is 1. The molecular weight excluding hydrogens is 493 g/mol. The molecule has 2 aromatic carbocycles. The number of benzene rings is 2. The molecule has 38 heavy (non-hydrogen) atoms. The lowest BCUT2D eigenvalue weighted by Crippen LogP contribution is -2.16. The number of hydrogen-bond donors (Lipinski definition) is 3. The second kappa shape index (κ2) is 10.7. The van der Waals surface area contributed by atoms with Crippen LogP contribution in [0.4, 0.5) is 19.1 Å². The standard InChI is InChI=1S/C28H27F3N6O/c1-2-3-4-13-32-16-21-9-6-10-25-33-24(17-37(21)25)26(38)36-27-34-22-12-11-19(15-23(22)35-27)18-7-5-8-20(14-18)28(29,30)31/h5-12,14-15,17,32H,2-4,13,16H2,1H3,(H2,34,35,36,38). The first-order chi connectivity index (χ1) is 18.3. The number of imidazole rings is 2. The van der Waals surface area contributed by atoms with Crippen LogP contribution in [0.15, 0.2) is 66.9 Å². The topological polar surface area (TPSA) is 87.1 Å². The first-order valence-electron chi connectivity index (χ1n) is 12.5. The summed E-state index contributed by atoms with van der Waals surface area (Å²) in [5, 5.41) is 6.17. The number of nitrogens with one attached hydrogen (secondary N) is 3. The Balaban J connectivity index is 1.32. The molecule has 196 valence electrons. The molecule has 0 unspecified atom stereocenters. The fraction of sp³-hybridized carbons (Fsp3) is 0.250. The van der Waals surface area contributed by atoms with Crippen molar-refractivity contribution in [2.75, 3.05) is 11.9 Å². The molecule has 10 heteroatoms. The van der Waals surface area contributed by atoms with Crippen LogP contribution >= 0.6 is 0 Å². The maximum Gasteiger partial charge on any atom is 0.416 e. The van der Waals surface area contributed by atoms with E-state index >= 15 is 0 Å². The Bertz CT molecular complexity index is 1590. The summed E-state index contributed by atoms with van der Waals surface area (Å²) in [5.74, 6) is -0.200. The smallest absolute Gasteiger partial charge is 0.324 e. The van der Waals surface area contributed by atoms with E-state index in [0.717, 1.165) is 30.8 Å². The van der Waals surface area contributed by atoms with Gasteiger partial charge < -0.3 is 14.7 Å². The Morgan fingerprint density at radius 2 is 1.82 bits per heavy atom. The number of pyridine rings is 1. The van der Waals surface area contributed by atoms with Gasteiger partial charge in [-0.2, -0.15) is 13.2 Å². The summed E-state index contributed by atoms with van der Waals surface area (Å²) >= 11 is 0. The molecule has 3 N–H and O–H groups in total. The van der Waals surface area contributed by atoms with Crippen LogP contribution in [0, 0.1) is 0 Å². The summed E-state index contributed by atoms with van der Waals surface area (Å²) in [4.78, 5) is 24.8. The largest absolute Gasteiger partial charge is 0.416 e. The molecule has 0 radical (unpaired) electrons. The van der Waals surface area contributed by atoms with Gasteiger partial charge >= 0.3 is 6.18 Å². The summed E-state index contributed by atoms with van der Waals surface area (Å²) in [6.45, 7) is 3.76. The van der Waals surface area contributed by atoms with E-state index in [4.69, 9.17) is 0 Å². The quantitative estimate of drug-likeness (QED) is 0.196. The number of alkyl halides is 3. The van der Waals surface area contributed by atoms with E-state index in [2.05, 4.69) is 32.5 Å². The normalized spacial score (nSPS) is 11.9. The van der Waals surface area contributed by atoms with Crippen molar-refractivity contribution >= 4 is 28.5 Å². The fourth-order valence-electron chi connectivity index (χ4n) is 4.33. The molecule has 7 nitrogen and oxygen atoms in total. The van der Waals surface area contributed by atoms with Crippen LogP contribution in [-0.4, -0.2) is 31.8 Å². The van der Waals surface area contributed by atoms with E-state index in [1.54, 1.807) is 30.5 Å². The summed E-state index contributed by atoms with van der Waals surface area (Å²) in [7, 11) is 0. The Hall–Kier alpha value is -4.18. The monoisotopic (exact) mass is 520 g/mol. The van der Waals surface area contributed by atoms with Crippen LogP contribution in [0.2, 0.25) is 0 Å². The molecule has 0 spiro atoms. The van der Waals surface area contributed by atoms with E-state index in [0.29, 0.717) is 34.4 Å². The van der Waals surface area contributed by atoms with Crippen molar-refractivity contribution in [2.24, 2.45) is 0 Å². The van der Waals surface area contributed by atoms with Crippen molar-refractivity contribution in [2.45, 2.75) is 38.9 Å². The Kier molecular flexibility index (Phi) is 7.15. The summed E-state index contributed by atoms with van der Waals surface area (Å²) in [6, 6.07) is 16.0. The summed E-state index contributed by atoms with van der Waals surface area (Å²) in [6.07, 6.45) is 0.737. The van der Waals surface area contributed by atoms with Gasteiger partial charge in [-0.3, -0.25) is 10.1 Å². The van der Waals surface area contributed by atoms with Crippen molar-refractivity contribution in [3.63, 3.8) is 0 Å². The molecule has 0 fully saturated rings. The van der Waals surface area contributed by atoms with Gasteiger partial charge in [0.2, 0.25) is 5.95 Å². The van der Waals surface area contributed by atoms with E-state index in [9.17, 15) is 18.0 Å². The van der Waals surface area contributed by atoms with Gasteiger partial charge in [0.1, 0.15) is 11.3 Å². The molecule has 0 saturated heterocycles. The lowest BCUT2D eigenvalue weighted by atomic mass is 10.0. The molecule has 0 aliphatic carbocycles. The molecule has 0 saturated carbocycles. The van der Waals surface area contributed by atoms with Crippen molar-refractivity contribution in [1.29, 1.82) is 0 Å². The molecule has 3 aromatic heterocycles. The molecule has 1 amide bonds. The number of rotatable bonds is 9.